The summed E-state index contributed by atoms with van der Waals surface area (Å²) >= 11 is 0. The molecule has 1 aromatic heterocycles. The summed E-state index contributed by atoms with van der Waals surface area (Å²) in [6.45, 7) is 5.80. The summed E-state index contributed by atoms with van der Waals surface area (Å²) in [4.78, 5) is 24.4. The van der Waals surface area contributed by atoms with E-state index in [0.717, 1.165) is 5.56 Å². The molecule has 0 unspecified atom stereocenters. The average Bonchev–Trinajstić information content (AvgIpc) is 2.44. The van der Waals surface area contributed by atoms with Crippen LogP contribution in [0.2, 0.25) is 0 Å². The van der Waals surface area contributed by atoms with E-state index >= 15 is 0 Å². The second-order valence-electron chi connectivity index (χ2n) is 6.13. The number of hydrogen-bond acceptors (Lipinski definition) is 3. The van der Waals surface area contributed by atoms with Gasteiger partial charge in [-0.25, -0.2) is 0 Å². The first-order chi connectivity index (χ1) is 10.3. The van der Waals surface area contributed by atoms with E-state index in [1.54, 1.807) is 41.1 Å². The molecule has 3 N–H and O–H groups in total. The standard InChI is InChI=1S/C17H21N3O2/c1-12-8-9-20(15(21)10-12)11-17(2,3)16(22)19-14-6-4-13(18)5-7-14/h4-10H,11,18H2,1-3H3,(H,19,22). The monoisotopic (exact) mass is 299 g/mol. The van der Waals surface area contributed by atoms with Gasteiger partial charge in [-0.05, 0) is 56.7 Å². The maximum atomic E-state index is 12.4. The zero-order valence-corrected chi connectivity index (χ0v) is 13.1. The molecule has 5 heteroatoms. The Bertz CT molecular complexity index is 730. The second-order valence-corrected chi connectivity index (χ2v) is 6.13. The van der Waals surface area contributed by atoms with Gasteiger partial charge in [0.2, 0.25) is 5.91 Å². The molecule has 0 saturated heterocycles. The number of nitrogens with zero attached hydrogens (tertiary/aromatic N) is 1. The fourth-order valence-electron chi connectivity index (χ4n) is 2.10. The van der Waals surface area contributed by atoms with Crippen molar-refractivity contribution in [2.45, 2.75) is 27.3 Å². The molecule has 22 heavy (non-hydrogen) atoms. The predicted octanol–water partition coefficient (Wildman–Crippen LogP) is 2.40. The summed E-state index contributed by atoms with van der Waals surface area (Å²) in [5.41, 5.74) is 7.03. The van der Waals surface area contributed by atoms with Crippen LogP contribution in [0, 0.1) is 12.3 Å². The van der Waals surface area contributed by atoms with Crippen LogP contribution in [-0.4, -0.2) is 10.5 Å². The van der Waals surface area contributed by atoms with Gasteiger partial charge in [0.05, 0.1) is 5.41 Å². The van der Waals surface area contributed by atoms with E-state index in [4.69, 9.17) is 5.73 Å². The minimum absolute atomic E-state index is 0.103. The summed E-state index contributed by atoms with van der Waals surface area (Å²) in [6, 6.07) is 10.4. The van der Waals surface area contributed by atoms with Gasteiger partial charge in [0.25, 0.3) is 5.56 Å². The molecule has 0 saturated carbocycles. The summed E-state index contributed by atoms with van der Waals surface area (Å²) in [5.74, 6) is -0.148. The maximum Gasteiger partial charge on any atom is 0.250 e. The van der Waals surface area contributed by atoms with Gasteiger partial charge in [-0.15, -0.1) is 0 Å². The first-order valence-corrected chi connectivity index (χ1v) is 7.12. The lowest BCUT2D eigenvalue weighted by Gasteiger charge is -2.24. The largest absolute Gasteiger partial charge is 0.399 e. The summed E-state index contributed by atoms with van der Waals surface area (Å²) in [7, 11) is 0. The molecule has 5 nitrogen and oxygen atoms in total. The SMILES string of the molecule is Cc1ccn(CC(C)(C)C(=O)Nc2ccc(N)cc2)c(=O)c1. The minimum Gasteiger partial charge on any atom is -0.399 e. The number of carbonyl (C=O) groups is 1. The molecule has 2 aromatic rings. The lowest BCUT2D eigenvalue weighted by atomic mass is 9.92. The van der Waals surface area contributed by atoms with E-state index in [0.29, 0.717) is 17.9 Å². The number of nitrogen functional groups attached to an aromatic ring is 1. The van der Waals surface area contributed by atoms with Crippen LogP contribution in [0.15, 0.2) is 47.4 Å². The van der Waals surface area contributed by atoms with Crippen LogP contribution in [0.4, 0.5) is 11.4 Å². The van der Waals surface area contributed by atoms with Gasteiger partial charge >= 0.3 is 0 Å². The van der Waals surface area contributed by atoms with Crippen molar-refractivity contribution in [1.29, 1.82) is 0 Å². The number of hydrogen-bond donors (Lipinski definition) is 2. The number of pyridine rings is 1. The summed E-state index contributed by atoms with van der Waals surface area (Å²) in [5, 5.41) is 2.85. The average molecular weight is 299 g/mol. The predicted molar refractivity (Wildman–Crippen MR) is 88.7 cm³/mol. The number of aromatic nitrogens is 1. The Morgan fingerprint density at radius 1 is 1.23 bits per heavy atom. The zero-order valence-electron chi connectivity index (χ0n) is 13.1. The highest BCUT2D eigenvalue weighted by Gasteiger charge is 2.28. The van der Waals surface area contributed by atoms with Crippen LogP contribution < -0.4 is 16.6 Å². The molecule has 0 radical (unpaired) electrons. The van der Waals surface area contributed by atoms with Crippen molar-refractivity contribution in [1.82, 2.24) is 4.57 Å². The lowest BCUT2D eigenvalue weighted by Crippen LogP contribution is -2.37. The molecule has 0 bridgehead atoms. The van der Waals surface area contributed by atoms with Gasteiger partial charge in [0, 0.05) is 30.2 Å². The Morgan fingerprint density at radius 3 is 2.45 bits per heavy atom. The van der Waals surface area contributed by atoms with E-state index in [9.17, 15) is 9.59 Å². The molecule has 0 atom stereocenters. The quantitative estimate of drug-likeness (QED) is 0.851. The van der Waals surface area contributed by atoms with E-state index in [1.165, 1.54) is 0 Å². The van der Waals surface area contributed by atoms with Crippen molar-refractivity contribution < 1.29 is 4.79 Å². The van der Waals surface area contributed by atoms with E-state index in [2.05, 4.69) is 5.32 Å². The molecular weight excluding hydrogens is 278 g/mol. The number of amides is 1. The van der Waals surface area contributed by atoms with Crippen molar-refractivity contribution >= 4 is 17.3 Å². The fraction of sp³-hybridized carbons (Fsp3) is 0.294. The number of nitrogens with two attached hydrogens (primary N) is 1. The van der Waals surface area contributed by atoms with E-state index in [-0.39, 0.29) is 11.5 Å². The Kier molecular flexibility index (Phi) is 4.35. The number of carbonyl (C=O) groups excluding carboxylic acids is 1. The number of anilines is 2. The van der Waals surface area contributed by atoms with Crippen LogP contribution in [-0.2, 0) is 11.3 Å². The molecule has 1 amide bonds. The van der Waals surface area contributed by atoms with E-state index in [1.807, 2.05) is 26.8 Å². The molecule has 0 aliphatic carbocycles. The molecule has 1 heterocycles. The number of aryl methyl sites for hydroxylation is 1. The molecule has 116 valence electrons. The van der Waals surface area contributed by atoms with Gasteiger partial charge in [-0.2, -0.15) is 0 Å². The highest BCUT2D eigenvalue weighted by molar-refractivity contribution is 5.94. The van der Waals surface area contributed by atoms with Gasteiger partial charge in [-0.3, -0.25) is 9.59 Å². The highest BCUT2D eigenvalue weighted by atomic mass is 16.2. The van der Waals surface area contributed by atoms with Gasteiger partial charge in [0.1, 0.15) is 0 Å². The normalized spacial score (nSPS) is 11.2. The number of nitrogens with one attached hydrogen (secondary N) is 1. The zero-order chi connectivity index (χ0) is 16.3. The number of benzene rings is 1. The number of rotatable bonds is 4. The van der Waals surface area contributed by atoms with Crippen molar-refractivity contribution in [3.63, 3.8) is 0 Å². The smallest absolute Gasteiger partial charge is 0.250 e. The van der Waals surface area contributed by atoms with Crippen LogP contribution in [0.25, 0.3) is 0 Å². The second kappa shape index (κ2) is 6.05. The Labute approximate surface area is 129 Å². The Morgan fingerprint density at radius 2 is 1.86 bits per heavy atom. The van der Waals surface area contributed by atoms with Crippen molar-refractivity contribution in [2.24, 2.45) is 5.41 Å². The summed E-state index contributed by atoms with van der Waals surface area (Å²) in [6.07, 6.45) is 1.72. The Hall–Kier alpha value is -2.56. The lowest BCUT2D eigenvalue weighted by molar-refractivity contribution is -0.124. The highest BCUT2D eigenvalue weighted by Crippen LogP contribution is 2.21. The van der Waals surface area contributed by atoms with E-state index < -0.39 is 5.41 Å². The fourth-order valence-corrected chi connectivity index (χ4v) is 2.10. The van der Waals surface area contributed by atoms with Gasteiger partial charge in [-0.1, -0.05) is 0 Å². The third-order valence-electron chi connectivity index (χ3n) is 3.50. The van der Waals surface area contributed by atoms with Crippen molar-refractivity contribution in [2.75, 3.05) is 11.1 Å². The summed E-state index contributed by atoms with van der Waals surface area (Å²) < 4.78 is 1.55. The van der Waals surface area contributed by atoms with Gasteiger partial charge < -0.3 is 15.6 Å². The third-order valence-corrected chi connectivity index (χ3v) is 3.50. The Balaban J connectivity index is 2.13. The molecule has 0 fully saturated rings. The van der Waals surface area contributed by atoms with Crippen molar-refractivity contribution in [3.05, 3.63) is 58.5 Å². The molecule has 2 rings (SSSR count). The molecule has 0 aliphatic heterocycles. The van der Waals surface area contributed by atoms with Crippen LogP contribution in [0.3, 0.4) is 0 Å². The molecule has 0 spiro atoms. The first-order valence-electron chi connectivity index (χ1n) is 7.12. The van der Waals surface area contributed by atoms with Crippen molar-refractivity contribution in [3.8, 4) is 0 Å². The van der Waals surface area contributed by atoms with Gasteiger partial charge in [0.15, 0.2) is 0 Å². The third kappa shape index (κ3) is 3.75. The van der Waals surface area contributed by atoms with Crippen LogP contribution in [0.1, 0.15) is 19.4 Å². The maximum absolute atomic E-state index is 12.4. The molecular formula is C17H21N3O2. The molecule has 0 aliphatic rings. The minimum atomic E-state index is -0.722. The van der Waals surface area contributed by atoms with Crippen LogP contribution >= 0.6 is 0 Å². The first kappa shape index (κ1) is 15.8. The topological polar surface area (TPSA) is 77.1 Å². The van der Waals surface area contributed by atoms with Crippen LogP contribution in [0.5, 0.6) is 0 Å². The molecule has 1 aromatic carbocycles.